The fourth-order valence-electron chi connectivity index (χ4n) is 12.7. The van der Waals surface area contributed by atoms with Crippen LogP contribution in [0.3, 0.4) is 0 Å². The van der Waals surface area contributed by atoms with Gasteiger partial charge in [0.15, 0.2) is 0 Å². The zero-order valence-corrected chi connectivity index (χ0v) is 57.5. The van der Waals surface area contributed by atoms with Gasteiger partial charge in [-0.1, -0.05) is 38.5 Å². The number of carbonyl (C=O) groups excluding carboxylic acids is 10. The van der Waals surface area contributed by atoms with Crippen LogP contribution in [0.15, 0.2) is 72.8 Å². The van der Waals surface area contributed by atoms with Crippen molar-refractivity contribution < 1.29 is 72.1 Å². The molecule has 6 fully saturated rings. The molecular weight excluding hydrogens is 1310 g/mol. The Morgan fingerprint density at radius 2 is 0.824 bits per heavy atom. The highest BCUT2D eigenvalue weighted by molar-refractivity contribution is 6.02. The van der Waals surface area contributed by atoms with Gasteiger partial charge in [0.05, 0.1) is 33.4 Å². The van der Waals surface area contributed by atoms with Gasteiger partial charge in [-0.3, -0.25) is 47.9 Å². The number of rotatable bonds is 28. The Bertz CT molecular complexity index is 4070. The molecule has 18 N–H and O–H groups in total. The number of aromatic amines is 3. The number of nitriles is 1. The Labute approximate surface area is 588 Å². The second-order valence-corrected chi connectivity index (χ2v) is 27.1. The maximum Gasteiger partial charge on any atom is 0.352 e. The van der Waals surface area contributed by atoms with Crippen LogP contribution >= 0.6 is 0 Å². The number of primary amides is 2. The van der Waals surface area contributed by atoms with Gasteiger partial charge in [-0.2, -0.15) is 5.26 Å². The molecule has 9 atom stereocenters. The second-order valence-electron chi connectivity index (χ2n) is 27.1. The average Bonchev–Trinajstić information content (AvgIpc) is 1.68. The van der Waals surface area contributed by atoms with Crippen molar-refractivity contribution in [3.05, 3.63) is 89.9 Å². The van der Waals surface area contributed by atoms with Crippen LogP contribution in [0.25, 0.3) is 32.7 Å². The summed E-state index contributed by atoms with van der Waals surface area (Å²) in [6.07, 6.45) is 13.1. The third-order valence-electron chi connectivity index (χ3n) is 19.2. The SMILES string of the molecule is COc1ccc2[nH]c(C(=O)N[C@@H](CC3CC3)C(=O)N[C@@H](C[C@@H]3CCCNC3=O)C(N)=O)cc2c1.COc1ccc2[nH]c(C(=O)N[C@@H](CC3CC3)C(=O)N[C@H](C#N)C[C@@H]3CCCNC3=O)cc2c1.COc1ccc2[nH]c(C(=O)O)cc2c1.NC(=O)[C@H](C[C@@H]1CCCNC1=O)NC(=O)[C@@H](N)CC1CC1. The van der Waals surface area contributed by atoms with Gasteiger partial charge in [0, 0.05) is 70.1 Å². The normalized spacial score (nSPS) is 19.5. The average molecular weight is 1410 g/mol. The second kappa shape index (κ2) is 35.6. The number of carbonyl (C=O) groups is 11. The highest BCUT2D eigenvalue weighted by atomic mass is 16.5. The first kappa shape index (κ1) is 75.5. The van der Waals surface area contributed by atoms with Crippen molar-refractivity contribution in [2.45, 2.75) is 152 Å². The number of aromatic nitrogens is 3. The number of carboxylic acids is 1. The largest absolute Gasteiger partial charge is 0.497 e. The van der Waals surface area contributed by atoms with E-state index in [1.54, 1.807) is 69.9 Å². The van der Waals surface area contributed by atoms with E-state index in [2.05, 4.69) is 63.6 Å². The van der Waals surface area contributed by atoms with Crippen molar-refractivity contribution in [3.8, 4) is 23.3 Å². The van der Waals surface area contributed by atoms with E-state index in [0.29, 0.717) is 105 Å². The maximum absolute atomic E-state index is 13.1. The maximum atomic E-state index is 13.1. The molecule has 102 heavy (non-hydrogen) atoms. The smallest absolute Gasteiger partial charge is 0.352 e. The molecule has 3 aliphatic carbocycles. The van der Waals surface area contributed by atoms with Crippen molar-refractivity contribution >= 4 is 97.7 Å². The molecule has 546 valence electrons. The molecule has 3 aliphatic heterocycles. The number of nitrogens with two attached hydrogens (primary N) is 3. The van der Waals surface area contributed by atoms with Crippen LogP contribution in [-0.4, -0.2) is 162 Å². The lowest BCUT2D eigenvalue weighted by molar-refractivity contribution is -0.131. The van der Waals surface area contributed by atoms with Crippen molar-refractivity contribution in [2.75, 3.05) is 41.0 Å². The molecule has 6 aromatic rings. The van der Waals surface area contributed by atoms with Gasteiger partial charge in [-0.15, -0.1) is 0 Å². The highest BCUT2D eigenvalue weighted by Gasteiger charge is 2.37. The molecule has 3 aromatic carbocycles. The highest BCUT2D eigenvalue weighted by Crippen LogP contribution is 2.36. The summed E-state index contributed by atoms with van der Waals surface area (Å²) in [6, 6.07) is 18.6. The molecule has 30 nitrogen and oxygen atoms in total. The summed E-state index contributed by atoms with van der Waals surface area (Å²) in [5.74, 6) is -2.21. The number of ether oxygens (including phenoxy) is 3. The van der Waals surface area contributed by atoms with Crippen LogP contribution in [0.4, 0.5) is 0 Å². The number of aromatic carboxylic acids is 1. The molecule has 6 heterocycles. The van der Waals surface area contributed by atoms with Gasteiger partial charge >= 0.3 is 5.97 Å². The summed E-state index contributed by atoms with van der Waals surface area (Å²) >= 11 is 0. The van der Waals surface area contributed by atoms with E-state index < -0.39 is 71.8 Å². The van der Waals surface area contributed by atoms with Crippen molar-refractivity contribution in [1.82, 2.24) is 57.5 Å². The summed E-state index contributed by atoms with van der Waals surface area (Å²) in [5, 5.41) is 42.8. The number of nitrogens with zero attached hydrogens (tertiary/aromatic N) is 1. The minimum absolute atomic E-state index is 0.0750. The van der Waals surface area contributed by atoms with Crippen LogP contribution in [-0.2, 0) is 38.4 Å². The molecule has 3 aromatic heterocycles. The Morgan fingerprint density at radius 1 is 0.471 bits per heavy atom. The van der Waals surface area contributed by atoms with Gasteiger partial charge in [0.2, 0.25) is 47.3 Å². The number of H-pyrrole nitrogens is 3. The van der Waals surface area contributed by atoms with E-state index in [1.165, 1.54) is 0 Å². The Balaban J connectivity index is 0.000000166. The summed E-state index contributed by atoms with van der Waals surface area (Å²) < 4.78 is 15.5. The molecule has 0 bridgehead atoms. The minimum atomic E-state index is -0.986. The van der Waals surface area contributed by atoms with E-state index in [0.717, 1.165) is 90.5 Å². The van der Waals surface area contributed by atoms with E-state index >= 15 is 0 Å². The fourth-order valence-corrected chi connectivity index (χ4v) is 12.7. The predicted molar refractivity (Wildman–Crippen MR) is 375 cm³/mol. The van der Waals surface area contributed by atoms with Gasteiger partial charge in [-0.25, -0.2) is 4.79 Å². The van der Waals surface area contributed by atoms with Crippen molar-refractivity contribution in [2.24, 2.45) is 52.7 Å². The first-order valence-corrected chi connectivity index (χ1v) is 34.8. The number of fused-ring (bicyclic) bond motifs is 3. The Hall–Kier alpha value is -10.7. The number of carboxylic acid groups (broad SMARTS) is 1. The van der Waals surface area contributed by atoms with E-state index in [-0.39, 0.29) is 72.2 Å². The van der Waals surface area contributed by atoms with E-state index in [4.69, 9.17) is 36.5 Å². The molecule has 30 heteroatoms. The summed E-state index contributed by atoms with van der Waals surface area (Å²) in [7, 11) is 4.73. The fraction of sp³-hybridized carbons (Fsp3) is 0.500. The van der Waals surface area contributed by atoms with E-state index in [1.807, 2.05) is 24.3 Å². The molecular formula is C72H93N15O15. The number of piperidine rings is 3. The Morgan fingerprint density at radius 3 is 1.18 bits per heavy atom. The number of benzene rings is 3. The number of amides is 10. The summed E-state index contributed by atoms with van der Waals surface area (Å²) in [4.78, 5) is 143. The lowest BCUT2D eigenvalue weighted by Gasteiger charge is -2.27. The zero-order valence-electron chi connectivity index (χ0n) is 57.5. The Kier molecular flexibility index (Phi) is 26.3. The lowest BCUT2D eigenvalue weighted by atomic mass is 9.91. The van der Waals surface area contributed by atoms with Gasteiger partial charge in [0.1, 0.15) is 64.5 Å². The lowest BCUT2D eigenvalue weighted by Crippen LogP contribution is -2.54. The predicted octanol–water partition coefficient (Wildman–Crippen LogP) is 3.84. The monoisotopic (exact) mass is 1410 g/mol. The molecule has 12 rings (SSSR count). The van der Waals surface area contributed by atoms with Crippen molar-refractivity contribution in [3.63, 3.8) is 0 Å². The molecule has 3 saturated carbocycles. The van der Waals surface area contributed by atoms with Crippen LogP contribution < -0.4 is 73.9 Å². The molecule has 0 spiro atoms. The van der Waals surface area contributed by atoms with Crippen molar-refractivity contribution in [1.29, 1.82) is 5.26 Å². The van der Waals surface area contributed by atoms with Crippen LogP contribution in [0, 0.1) is 46.8 Å². The van der Waals surface area contributed by atoms with Gasteiger partial charge < -0.3 is 94.0 Å². The van der Waals surface area contributed by atoms with Crippen LogP contribution in [0.2, 0.25) is 0 Å². The number of hydrogen-bond acceptors (Lipinski definition) is 16. The zero-order chi connectivity index (χ0) is 73.1. The first-order valence-electron chi connectivity index (χ1n) is 34.8. The van der Waals surface area contributed by atoms with Gasteiger partial charge in [-0.05, 0) is 168 Å². The standard InChI is InChI=1S/C24H31N5O5.C24H29N5O4.C14H24N4O3.C10H9NO3/c1-34-16-6-7-17-15(10-16)12-20(27-17)24(33)29-19(9-13-4-5-13)23(32)28-18(21(25)30)11-14-3-2-8-26-22(14)31;1-33-18-6-7-19-16(11-18)12-21(28-19)24(32)29-20(9-14-4-5-14)23(31)27-17(13-25)10-15-3-2-8-26-22(15)30;15-10(6-8-3-4-8)14(21)18-11(12(16)19)7-9-2-1-5-17-13(9)20;1-14-7-2-3-8-6(4-7)5-9(11-8)10(12)13/h6-7,10,12-14,18-19,27H,2-5,8-9,11H2,1H3,(H2,25,30)(H,26,31)(H,28,32)(H,29,33);6-7,11-12,14-15,17,20,28H,2-5,8-10H2,1H3,(H,26,30)(H,27,31)(H,29,32);8-11H,1-7,15H2,(H2,16,19)(H,17,20)(H,18,21);2-5,11H,1H3,(H,12,13)/t14-,18-,19-;15-,17-,20-;9-,10-,11-;/m000./s1. The molecule has 0 unspecified atom stereocenters. The number of methoxy groups -OCH3 is 3. The van der Waals surface area contributed by atoms with Crippen LogP contribution in [0.1, 0.15) is 147 Å². The van der Waals surface area contributed by atoms with E-state index in [9.17, 15) is 58.0 Å². The molecule has 6 aliphatic rings. The quantitative estimate of drug-likeness (QED) is 0.0332. The first-order chi connectivity index (χ1) is 49.0. The topological polar surface area (TPSA) is 481 Å². The minimum Gasteiger partial charge on any atom is -0.497 e. The third-order valence-corrected chi connectivity index (χ3v) is 19.2. The molecule has 10 amide bonds. The third kappa shape index (κ3) is 21.9. The summed E-state index contributed by atoms with van der Waals surface area (Å²) in [6.45, 7) is 1.92. The van der Waals surface area contributed by atoms with Gasteiger partial charge in [0.25, 0.3) is 11.8 Å². The summed E-state index contributed by atoms with van der Waals surface area (Å²) in [5.41, 5.74) is 19.9. The number of nitrogens with one attached hydrogen (secondary N) is 11. The molecule has 0 radical (unpaired) electrons. The molecule has 3 saturated heterocycles. The van der Waals surface area contributed by atoms with Crippen LogP contribution in [0.5, 0.6) is 17.2 Å². The number of hydrogen-bond donors (Lipinski definition) is 15.